The quantitative estimate of drug-likeness (QED) is 0.175. The fraction of sp³-hybridized carbons (Fsp3) is 0.0909. The van der Waals surface area contributed by atoms with Gasteiger partial charge in [-0.1, -0.05) is 11.6 Å². The number of benzene rings is 3. The van der Waals surface area contributed by atoms with Crippen molar-refractivity contribution in [2.45, 2.75) is 6.61 Å². The zero-order chi connectivity index (χ0) is 23.1. The average Bonchev–Trinajstić information content (AvgIpc) is 2.78. The second-order valence-electron chi connectivity index (χ2n) is 6.45. The summed E-state index contributed by atoms with van der Waals surface area (Å²) in [6.07, 6.45) is 1.50. The van der Waals surface area contributed by atoms with Gasteiger partial charge >= 0.3 is 0 Å². The van der Waals surface area contributed by atoms with E-state index in [0.717, 1.165) is 9.13 Å². The number of non-ortho nitro benzene ring substituents is 1. The van der Waals surface area contributed by atoms with Gasteiger partial charge in [0, 0.05) is 22.7 Å². The molecule has 0 saturated heterocycles. The summed E-state index contributed by atoms with van der Waals surface area (Å²) in [6, 6.07) is 16.2. The van der Waals surface area contributed by atoms with Crippen LogP contribution >= 0.6 is 34.2 Å². The molecule has 164 valence electrons. The highest BCUT2D eigenvalue weighted by Crippen LogP contribution is 2.34. The molecule has 3 rings (SSSR count). The maximum absolute atomic E-state index is 12.1. The van der Waals surface area contributed by atoms with E-state index in [0.29, 0.717) is 27.6 Å². The van der Waals surface area contributed by atoms with E-state index in [2.05, 4.69) is 33.1 Å². The number of halogens is 2. The third kappa shape index (κ3) is 6.17. The molecule has 0 bridgehead atoms. The standard InChI is InChI=1S/C22H17ClIN3O5/c1-31-20-11-15(12-25-26-22(28)16-4-6-17(23)7-5-16)10-19(24)21(20)32-13-14-2-8-18(9-3-14)27(29)30/h2-12H,13H2,1H3,(H,26,28)/b25-12-. The molecule has 8 nitrogen and oxygen atoms in total. The molecular weight excluding hydrogens is 549 g/mol. The van der Waals surface area contributed by atoms with Gasteiger partial charge in [-0.05, 0) is 82.2 Å². The van der Waals surface area contributed by atoms with E-state index in [1.165, 1.54) is 25.5 Å². The summed E-state index contributed by atoms with van der Waals surface area (Å²) in [6.45, 7) is 0.217. The Bertz CT molecular complexity index is 1150. The van der Waals surface area contributed by atoms with Crippen molar-refractivity contribution in [2.24, 2.45) is 5.10 Å². The Hall–Kier alpha value is -3.18. The van der Waals surface area contributed by atoms with E-state index in [4.69, 9.17) is 21.1 Å². The fourth-order valence-electron chi connectivity index (χ4n) is 2.66. The van der Waals surface area contributed by atoms with Gasteiger partial charge in [0.15, 0.2) is 11.5 Å². The van der Waals surface area contributed by atoms with E-state index < -0.39 is 4.92 Å². The van der Waals surface area contributed by atoms with Crippen LogP contribution in [0.1, 0.15) is 21.5 Å². The lowest BCUT2D eigenvalue weighted by Gasteiger charge is -2.13. The van der Waals surface area contributed by atoms with Crippen molar-refractivity contribution < 1.29 is 19.2 Å². The van der Waals surface area contributed by atoms with Crippen LogP contribution in [0.4, 0.5) is 5.69 Å². The van der Waals surface area contributed by atoms with Gasteiger partial charge in [0.2, 0.25) is 0 Å². The van der Waals surface area contributed by atoms with Crippen LogP contribution in [0.2, 0.25) is 5.02 Å². The van der Waals surface area contributed by atoms with Crippen LogP contribution in [0.3, 0.4) is 0 Å². The number of hydrazone groups is 1. The minimum Gasteiger partial charge on any atom is -0.493 e. The van der Waals surface area contributed by atoms with Gasteiger partial charge in [-0.25, -0.2) is 5.43 Å². The smallest absolute Gasteiger partial charge is 0.271 e. The molecule has 0 spiro atoms. The Labute approximate surface area is 202 Å². The van der Waals surface area contributed by atoms with Crippen molar-refractivity contribution in [2.75, 3.05) is 7.11 Å². The molecule has 0 radical (unpaired) electrons. The molecule has 3 aromatic rings. The van der Waals surface area contributed by atoms with Crippen molar-refractivity contribution in [3.63, 3.8) is 0 Å². The number of nitrogens with one attached hydrogen (secondary N) is 1. The molecule has 10 heteroatoms. The fourth-order valence-corrected chi connectivity index (χ4v) is 3.56. The van der Waals surface area contributed by atoms with Gasteiger partial charge in [-0.3, -0.25) is 14.9 Å². The first kappa shape index (κ1) is 23.5. The van der Waals surface area contributed by atoms with Crippen molar-refractivity contribution in [3.8, 4) is 11.5 Å². The predicted molar refractivity (Wildman–Crippen MR) is 130 cm³/mol. The van der Waals surface area contributed by atoms with Gasteiger partial charge in [0.05, 0.1) is 21.8 Å². The average molecular weight is 566 g/mol. The third-order valence-corrected chi connectivity index (χ3v) is 5.32. The number of carbonyl (C=O) groups excluding carboxylic acids is 1. The van der Waals surface area contributed by atoms with Gasteiger partial charge in [0.1, 0.15) is 6.61 Å². The second-order valence-corrected chi connectivity index (χ2v) is 8.05. The lowest BCUT2D eigenvalue weighted by Crippen LogP contribution is -2.17. The Morgan fingerprint density at radius 2 is 1.88 bits per heavy atom. The van der Waals surface area contributed by atoms with Gasteiger partial charge in [-0.2, -0.15) is 5.10 Å². The molecule has 1 N–H and O–H groups in total. The molecule has 0 aliphatic rings. The van der Waals surface area contributed by atoms with Crippen molar-refractivity contribution in [3.05, 3.63) is 96.1 Å². The third-order valence-electron chi connectivity index (χ3n) is 4.27. The van der Waals surface area contributed by atoms with Crippen molar-refractivity contribution >= 4 is 52.0 Å². The molecule has 0 aliphatic heterocycles. The summed E-state index contributed by atoms with van der Waals surface area (Å²) >= 11 is 7.94. The summed E-state index contributed by atoms with van der Waals surface area (Å²) in [5, 5.41) is 15.3. The molecule has 32 heavy (non-hydrogen) atoms. The normalized spacial score (nSPS) is 10.7. The minimum absolute atomic E-state index is 0.0210. The molecule has 0 atom stereocenters. The Balaban J connectivity index is 1.67. The molecular formula is C22H17ClIN3O5. The van der Waals surface area contributed by atoms with Gasteiger partial charge in [-0.15, -0.1) is 0 Å². The Kier molecular flexibility index (Phi) is 8.01. The van der Waals surface area contributed by atoms with E-state index in [-0.39, 0.29) is 18.2 Å². The highest BCUT2D eigenvalue weighted by Gasteiger charge is 2.12. The predicted octanol–water partition coefficient (Wildman–Crippen LogP) is 5.20. The number of nitrogens with zero attached hydrogens (tertiary/aromatic N) is 2. The van der Waals surface area contributed by atoms with Crippen LogP contribution in [0, 0.1) is 13.7 Å². The number of nitro benzene ring substituents is 1. The number of amides is 1. The molecule has 1 amide bonds. The number of hydrogen-bond donors (Lipinski definition) is 1. The first-order valence-electron chi connectivity index (χ1n) is 9.20. The van der Waals surface area contributed by atoms with E-state index in [9.17, 15) is 14.9 Å². The highest BCUT2D eigenvalue weighted by molar-refractivity contribution is 14.1. The lowest BCUT2D eigenvalue weighted by atomic mass is 10.2. The molecule has 0 heterocycles. The number of hydrogen-bond acceptors (Lipinski definition) is 6. The Morgan fingerprint density at radius 3 is 2.50 bits per heavy atom. The maximum Gasteiger partial charge on any atom is 0.271 e. The second kappa shape index (κ2) is 10.9. The molecule has 0 unspecified atom stereocenters. The zero-order valence-corrected chi connectivity index (χ0v) is 19.7. The summed E-state index contributed by atoms with van der Waals surface area (Å²) in [4.78, 5) is 22.4. The van der Waals surface area contributed by atoms with E-state index in [1.807, 2.05) is 6.07 Å². The largest absolute Gasteiger partial charge is 0.493 e. The lowest BCUT2D eigenvalue weighted by molar-refractivity contribution is -0.384. The number of ether oxygens (including phenoxy) is 2. The van der Waals surface area contributed by atoms with Crippen molar-refractivity contribution in [1.82, 2.24) is 5.43 Å². The molecule has 0 aromatic heterocycles. The number of nitro groups is 1. The summed E-state index contributed by atoms with van der Waals surface area (Å²) in [7, 11) is 1.52. The molecule has 0 saturated carbocycles. The highest BCUT2D eigenvalue weighted by atomic mass is 127. The molecule has 0 fully saturated rings. The minimum atomic E-state index is -0.450. The molecule has 0 aliphatic carbocycles. The summed E-state index contributed by atoms with van der Waals surface area (Å²) < 4.78 is 12.1. The van der Waals surface area contributed by atoms with Crippen molar-refractivity contribution in [1.29, 1.82) is 0 Å². The maximum atomic E-state index is 12.1. The first-order chi connectivity index (χ1) is 15.4. The van der Waals surface area contributed by atoms with Crippen LogP contribution in [0.25, 0.3) is 0 Å². The topological polar surface area (TPSA) is 103 Å². The Morgan fingerprint density at radius 1 is 1.19 bits per heavy atom. The number of rotatable bonds is 8. The van der Waals surface area contributed by atoms with Crippen LogP contribution in [0.15, 0.2) is 65.8 Å². The first-order valence-corrected chi connectivity index (χ1v) is 10.7. The van der Waals surface area contributed by atoms with Crippen LogP contribution in [-0.2, 0) is 6.61 Å². The summed E-state index contributed by atoms with van der Waals surface area (Å²) in [5.74, 6) is 0.667. The van der Waals surface area contributed by atoms with E-state index in [1.54, 1.807) is 42.5 Å². The monoisotopic (exact) mass is 565 g/mol. The van der Waals surface area contributed by atoms with Crippen LogP contribution in [0.5, 0.6) is 11.5 Å². The SMILES string of the molecule is COc1cc(/C=N\NC(=O)c2ccc(Cl)cc2)cc(I)c1OCc1ccc([N+](=O)[O-])cc1. The number of carbonyl (C=O) groups is 1. The molecule has 3 aromatic carbocycles. The number of methoxy groups -OCH3 is 1. The van der Waals surface area contributed by atoms with Gasteiger partial charge < -0.3 is 9.47 Å². The van der Waals surface area contributed by atoms with Crippen LogP contribution < -0.4 is 14.9 Å². The van der Waals surface area contributed by atoms with E-state index >= 15 is 0 Å². The summed E-state index contributed by atoms with van der Waals surface area (Å²) in [5.41, 5.74) is 4.40. The van der Waals surface area contributed by atoms with Gasteiger partial charge in [0.25, 0.3) is 11.6 Å². The zero-order valence-electron chi connectivity index (χ0n) is 16.7. The van der Waals surface area contributed by atoms with Crippen LogP contribution in [-0.4, -0.2) is 24.2 Å².